The number of amides is 4. The number of ether oxygens (including phenoxy) is 2. The zero-order chi connectivity index (χ0) is 43.8. The van der Waals surface area contributed by atoms with Crippen molar-refractivity contribution in [2.24, 2.45) is 0 Å². The summed E-state index contributed by atoms with van der Waals surface area (Å²) in [6.07, 6.45) is 2.36. The molecule has 2 aliphatic heterocycles. The summed E-state index contributed by atoms with van der Waals surface area (Å²) in [6, 6.07) is 31.0. The third kappa shape index (κ3) is 8.13. The van der Waals surface area contributed by atoms with Gasteiger partial charge >= 0.3 is 0 Å². The molecular weight excluding hydrogens is 843 g/mol. The number of halogens is 2. The Labute approximate surface area is 371 Å². The van der Waals surface area contributed by atoms with Gasteiger partial charge in [0.25, 0.3) is 11.8 Å². The van der Waals surface area contributed by atoms with Gasteiger partial charge in [0.1, 0.15) is 56.8 Å². The number of hydrogen-bond donors (Lipinski definition) is 2. The van der Waals surface area contributed by atoms with Gasteiger partial charge in [-0.15, -0.1) is 0 Å². The van der Waals surface area contributed by atoms with Crippen molar-refractivity contribution in [3.05, 3.63) is 131 Å². The van der Waals surface area contributed by atoms with Crippen LogP contribution in [0.15, 0.2) is 114 Å². The van der Waals surface area contributed by atoms with Crippen LogP contribution in [0.2, 0.25) is 10.3 Å². The standard InChI is InChI=1S/C48H40Cl2N6O7/c1-61-39-11-3-7-31-33(39)25-41(49)53-43(31)47(59)55-23-5-9-35(55)45(57)51-29-17-13-27(14-18-29)37-21-22-38(63-37)28-15-19-30(20-16-28)52-46(58)36-10-6-24-56(36)48(60)44-32-8-4-12-40(62-2)34(32)26-42(50)54-44/h3-4,7-8,11-22,25-26,35-36H,5-6,9-10,23-24H2,1-2H3,(H,51,57)(H,52,58)/t35-,36-/m0/s1. The molecule has 0 aliphatic carbocycles. The number of aromatic nitrogens is 2. The topological polar surface area (TPSA) is 156 Å². The summed E-state index contributed by atoms with van der Waals surface area (Å²) in [5.41, 5.74) is 3.09. The summed E-state index contributed by atoms with van der Waals surface area (Å²) in [5.74, 6) is 1.06. The minimum Gasteiger partial charge on any atom is -0.496 e. The maximum Gasteiger partial charge on any atom is 0.273 e. The number of carbonyl (C=O) groups is 4. The van der Waals surface area contributed by atoms with Crippen molar-refractivity contribution in [1.29, 1.82) is 0 Å². The van der Waals surface area contributed by atoms with Crippen molar-refractivity contribution < 1.29 is 33.1 Å². The molecule has 3 aromatic heterocycles. The molecule has 2 saturated heterocycles. The molecule has 2 fully saturated rings. The zero-order valence-corrected chi connectivity index (χ0v) is 35.7. The average Bonchev–Trinajstić information content (AvgIpc) is 4.11. The lowest BCUT2D eigenvalue weighted by Gasteiger charge is -2.24. The number of furan rings is 1. The van der Waals surface area contributed by atoms with E-state index in [2.05, 4.69) is 20.6 Å². The molecule has 5 heterocycles. The molecule has 4 amide bonds. The van der Waals surface area contributed by atoms with Gasteiger partial charge in [-0.25, -0.2) is 9.97 Å². The highest BCUT2D eigenvalue weighted by molar-refractivity contribution is 6.31. The van der Waals surface area contributed by atoms with E-state index in [1.54, 1.807) is 96.8 Å². The number of rotatable bonds is 10. The molecule has 0 radical (unpaired) electrons. The van der Waals surface area contributed by atoms with E-state index in [0.29, 0.717) is 94.7 Å². The van der Waals surface area contributed by atoms with E-state index in [-0.39, 0.29) is 45.3 Å². The molecule has 15 heteroatoms. The molecule has 2 aliphatic rings. The predicted octanol–water partition coefficient (Wildman–Crippen LogP) is 9.52. The number of anilines is 2. The molecule has 0 bridgehead atoms. The summed E-state index contributed by atoms with van der Waals surface area (Å²) in [7, 11) is 3.10. The smallest absolute Gasteiger partial charge is 0.273 e. The van der Waals surface area contributed by atoms with E-state index in [0.717, 1.165) is 11.1 Å². The Hall–Kier alpha value is -6.96. The number of carbonyl (C=O) groups excluding carboxylic acids is 4. The largest absolute Gasteiger partial charge is 0.496 e. The Morgan fingerprint density at radius 3 is 1.40 bits per heavy atom. The number of pyridine rings is 2. The van der Waals surface area contributed by atoms with E-state index in [1.165, 1.54) is 0 Å². The summed E-state index contributed by atoms with van der Waals surface area (Å²) < 4.78 is 17.2. The Bertz CT molecular complexity index is 2730. The van der Waals surface area contributed by atoms with Gasteiger partial charge in [0.2, 0.25) is 11.8 Å². The van der Waals surface area contributed by atoms with Gasteiger partial charge in [0.15, 0.2) is 0 Å². The second-order valence-electron chi connectivity index (χ2n) is 15.3. The summed E-state index contributed by atoms with van der Waals surface area (Å²) in [5, 5.41) is 8.78. The molecule has 4 aromatic carbocycles. The van der Waals surface area contributed by atoms with E-state index in [1.807, 2.05) is 36.4 Å². The monoisotopic (exact) mass is 882 g/mol. The van der Waals surface area contributed by atoms with Crippen LogP contribution in [0.4, 0.5) is 11.4 Å². The second-order valence-corrected chi connectivity index (χ2v) is 16.1. The van der Waals surface area contributed by atoms with Crippen LogP contribution in [-0.2, 0) is 9.59 Å². The Morgan fingerprint density at radius 2 is 1.00 bits per heavy atom. The molecule has 7 aromatic rings. The first-order valence-corrected chi connectivity index (χ1v) is 21.2. The molecule has 0 spiro atoms. The fourth-order valence-corrected chi connectivity index (χ4v) is 8.88. The van der Waals surface area contributed by atoms with Gasteiger partial charge in [-0.05, 0) is 111 Å². The Kier molecular flexibility index (Phi) is 11.5. The van der Waals surface area contributed by atoms with Gasteiger partial charge < -0.3 is 34.3 Å². The Balaban J connectivity index is 0.827. The third-order valence-corrected chi connectivity index (χ3v) is 12.0. The lowest BCUT2D eigenvalue weighted by molar-refractivity contribution is -0.120. The summed E-state index contributed by atoms with van der Waals surface area (Å²) in [4.78, 5) is 66.7. The highest BCUT2D eigenvalue weighted by Gasteiger charge is 2.37. The second kappa shape index (κ2) is 17.4. The number of nitrogens with zero attached hydrogens (tertiary/aromatic N) is 4. The highest BCUT2D eigenvalue weighted by Crippen LogP contribution is 2.35. The van der Waals surface area contributed by atoms with E-state index < -0.39 is 12.1 Å². The van der Waals surface area contributed by atoms with E-state index >= 15 is 0 Å². The first-order valence-electron chi connectivity index (χ1n) is 20.4. The molecule has 2 atom stereocenters. The summed E-state index contributed by atoms with van der Waals surface area (Å²) >= 11 is 12.7. The normalized spacial score (nSPS) is 16.1. The van der Waals surface area contributed by atoms with Crippen molar-refractivity contribution in [3.63, 3.8) is 0 Å². The van der Waals surface area contributed by atoms with Gasteiger partial charge in [-0.1, -0.05) is 47.5 Å². The number of hydrogen-bond acceptors (Lipinski definition) is 9. The molecule has 0 saturated carbocycles. The first kappa shape index (κ1) is 41.4. The number of nitrogens with one attached hydrogen (secondary N) is 2. The van der Waals surface area contributed by atoms with Crippen LogP contribution < -0.4 is 20.1 Å². The van der Waals surface area contributed by atoms with Gasteiger partial charge in [0, 0.05) is 57.1 Å². The quantitative estimate of drug-likeness (QED) is 0.128. The van der Waals surface area contributed by atoms with Gasteiger partial charge in [-0.3, -0.25) is 19.2 Å². The lowest BCUT2D eigenvalue weighted by atomic mass is 10.1. The minimum absolute atomic E-state index is 0.159. The molecule has 9 rings (SSSR count). The van der Waals surface area contributed by atoms with Gasteiger partial charge in [0.05, 0.1) is 14.2 Å². The highest BCUT2D eigenvalue weighted by atomic mass is 35.5. The SMILES string of the molecule is COc1cccc2c(C(=O)N3CCC[C@H]3C(=O)Nc3ccc(-c4ccc(-c5ccc(NC(=O)[C@@H]6CCCN6C(=O)c6nc(Cl)cc7c(OC)cccc67)cc5)o4)cc3)nc(Cl)cc12. The van der Waals surface area contributed by atoms with Crippen LogP contribution in [0.3, 0.4) is 0 Å². The van der Waals surface area contributed by atoms with Gasteiger partial charge in [-0.2, -0.15) is 0 Å². The molecule has 318 valence electrons. The molecule has 0 unspecified atom stereocenters. The molecule has 2 N–H and O–H groups in total. The average molecular weight is 884 g/mol. The molecule has 13 nitrogen and oxygen atoms in total. The minimum atomic E-state index is -0.684. The van der Waals surface area contributed by atoms with Crippen molar-refractivity contribution in [3.8, 4) is 34.1 Å². The predicted molar refractivity (Wildman–Crippen MR) is 242 cm³/mol. The Morgan fingerprint density at radius 1 is 0.587 bits per heavy atom. The fraction of sp³-hybridized carbons (Fsp3) is 0.208. The maximum atomic E-state index is 13.9. The zero-order valence-electron chi connectivity index (χ0n) is 34.2. The number of fused-ring (bicyclic) bond motifs is 2. The van der Waals surface area contributed by atoms with Crippen LogP contribution >= 0.6 is 23.2 Å². The first-order chi connectivity index (χ1) is 30.6. The van der Waals surface area contributed by atoms with Crippen molar-refractivity contribution in [1.82, 2.24) is 19.8 Å². The molecule has 63 heavy (non-hydrogen) atoms. The van der Waals surface area contributed by atoms with E-state index in [9.17, 15) is 19.2 Å². The summed E-state index contributed by atoms with van der Waals surface area (Å²) in [6.45, 7) is 0.821. The van der Waals surface area contributed by atoms with Crippen LogP contribution in [0.25, 0.3) is 44.2 Å². The maximum absolute atomic E-state index is 13.9. The van der Waals surface area contributed by atoms with Crippen LogP contribution in [0.1, 0.15) is 46.7 Å². The van der Waals surface area contributed by atoms with Crippen molar-refractivity contribution in [2.45, 2.75) is 37.8 Å². The lowest BCUT2D eigenvalue weighted by Crippen LogP contribution is -2.43. The molecular formula is C48H40Cl2N6O7. The van der Waals surface area contributed by atoms with Crippen LogP contribution in [0.5, 0.6) is 11.5 Å². The van der Waals surface area contributed by atoms with E-state index in [4.69, 9.17) is 37.1 Å². The number of likely N-dealkylation sites (tertiary alicyclic amines) is 2. The number of benzene rings is 4. The third-order valence-electron chi connectivity index (χ3n) is 11.6. The van der Waals surface area contributed by atoms with Crippen LogP contribution in [-0.4, -0.2) is 82.8 Å². The number of methoxy groups -OCH3 is 2. The van der Waals surface area contributed by atoms with Crippen molar-refractivity contribution in [2.75, 3.05) is 37.9 Å². The fourth-order valence-electron chi connectivity index (χ4n) is 8.49. The van der Waals surface area contributed by atoms with Crippen LogP contribution in [0, 0.1) is 0 Å². The van der Waals surface area contributed by atoms with Crippen molar-refractivity contribution >= 4 is 79.8 Å².